The highest BCUT2D eigenvalue weighted by molar-refractivity contribution is 7.91. The fraction of sp³-hybridized carbons (Fsp3) is 1.00. The van der Waals surface area contributed by atoms with Crippen molar-refractivity contribution in [3.8, 4) is 0 Å². The zero-order chi connectivity index (χ0) is 15.4. The molecule has 0 amide bonds. The lowest BCUT2D eigenvalue weighted by Gasteiger charge is -2.29. The first-order valence-corrected chi connectivity index (χ1v) is 11.1. The van der Waals surface area contributed by atoms with Crippen molar-refractivity contribution in [2.75, 3.05) is 50.8 Å². The predicted octanol–water partition coefficient (Wildman–Crippen LogP) is 2.01. The van der Waals surface area contributed by atoms with E-state index in [4.69, 9.17) is 0 Å². The van der Waals surface area contributed by atoms with Gasteiger partial charge in [-0.2, -0.15) is 0 Å². The van der Waals surface area contributed by atoms with E-state index in [1.165, 1.54) is 58.2 Å². The van der Waals surface area contributed by atoms with Crippen LogP contribution in [0.3, 0.4) is 0 Å². The SMILES string of the molecule is O=S1(=O)CCC(CN2CCCN(CC3CCCCC3)CC2)C1. The first-order chi connectivity index (χ1) is 10.6. The molecule has 0 aromatic rings. The van der Waals surface area contributed by atoms with E-state index < -0.39 is 9.84 Å². The normalized spacial score (nSPS) is 32.1. The van der Waals surface area contributed by atoms with Crippen molar-refractivity contribution >= 4 is 9.84 Å². The molecule has 1 unspecified atom stereocenters. The van der Waals surface area contributed by atoms with E-state index in [0.717, 1.165) is 32.0 Å². The maximum Gasteiger partial charge on any atom is 0.150 e. The molecular weight excluding hydrogens is 296 g/mol. The molecule has 1 atom stereocenters. The van der Waals surface area contributed by atoms with Crippen molar-refractivity contribution in [3.63, 3.8) is 0 Å². The Balaban J connectivity index is 1.41. The van der Waals surface area contributed by atoms with Crippen LogP contribution in [0.1, 0.15) is 44.9 Å². The molecule has 4 nitrogen and oxygen atoms in total. The van der Waals surface area contributed by atoms with Crippen molar-refractivity contribution in [1.82, 2.24) is 9.80 Å². The third-order valence-corrected chi connectivity index (χ3v) is 7.60. The summed E-state index contributed by atoms with van der Waals surface area (Å²) < 4.78 is 23.2. The second-order valence-electron chi connectivity index (χ2n) is 7.73. The van der Waals surface area contributed by atoms with Crippen LogP contribution in [0.2, 0.25) is 0 Å². The summed E-state index contributed by atoms with van der Waals surface area (Å²) in [6, 6.07) is 0. The lowest BCUT2D eigenvalue weighted by Crippen LogP contribution is -2.36. The molecule has 0 N–H and O–H groups in total. The van der Waals surface area contributed by atoms with Gasteiger partial charge in [0.1, 0.15) is 0 Å². The number of rotatable bonds is 4. The van der Waals surface area contributed by atoms with Gasteiger partial charge >= 0.3 is 0 Å². The Morgan fingerprint density at radius 3 is 1.95 bits per heavy atom. The summed E-state index contributed by atoms with van der Waals surface area (Å²) in [6.07, 6.45) is 9.28. The molecule has 128 valence electrons. The minimum absolute atomic E-state index is 0.384. The van der Waals surface area contributed by atoms with Crippen molar-refractivity contribution in [3.05, 3.63) is 0 Å². The lowest BCUT2D eigenvalue weighted by atomic mass is 9.89. The predicted molar refractivity (Wildman–Crippen MR) is 90.8 cm³/mol. The van der Waals surface area contributed by atoms with Gasteiger partial charge in [-0.1, -0.05) is 19.3 Å². The Morgan fingerprint density at radius 1 is 0.727 bits per heavy atom. The second-order valence-corrected chi connectivity index (χ2v) is 9.96. The highest BCUT2D eigenvalue weighted by atomic mass is 32.2. The van der Waals surface area contributed by atoms with Crippen LogP contribution < -0.4 is 0 Å². The van der Waals surface area contributed by atoms with E-state index in [9.17, 15) is 8.42 Å². The van der Waals surface area contributed by atoms with Crippen molar-refractivity contribution < 1.29 is 8.42 Å². The van der Waals surface area contributed by atoms with Gasteiger partial charge in [-0.15, -0.1) is 0 Å². The van der Waals surface area contributed by atoms with E-state index in [1.54, 1.807) is 0 Å². The highest BCUT2D eigenvalue weighted by Crippen LogP contribution is 2.25. The van der Waals surface area contributed by atoms with Crippen LogP contribution in [-0.4, -0.2) is 69.0 Å². The Hall–Kier alpha value is -0.130. The molecule has 3 aliphatic rings. The van der Waals surface area contributed by atoms with E-state index in [1.807, 2.05) is 0 Å². The van der Waals surface area contributed by atoms with Gasteiger partial charge in [0.15, 0.2) is 9.84 Å². The molecule has 2 saturated heterocycles. The van der Waals surface area contributed by atoms with Crippen LogP contribution in [0, 0.1) is 11.8 Å². The van der Waals surface area contributed by atoms with E-state index >= 15 is 0 Å². The number of nitrogens with zero attached hydrogens (tertiary/aromatic N) is 2. The van der Waals surface area contributed by atoms with Gasteiger partial charge in [-0.05, 0) is 50.6 Å². The maximum atomic E-state index is 11.6. The number of hydrogen-bond acceptors (Lipinski definition) is 4. The minimum Gasteiger partial charge on any atom is -0.302 e. The van der Waals surface area contributed by atoms with Crippen molar-refractivity contribution in [2.45, 2.75) is 44.9 Å². The number of sulfone groups is 1. The molecule has 0 spiro atoms. The van der Waals surface area contributed by atoms with Gasteiger partial charge in [0, 0.05) is 26.2 Å². The molecule has 1 saturated carbocycles. The van der Waals surface area contributed by atoms with E-state index in [2.05, 4.69) is 9.80 Å². The molecule has 3 rings (SSSR count). The van der Waals surface area contributed by atoms with Gasteiger partial charge in [0.2, 0.25) is 0 Å². The van der Waals surface area contributed by atoms with Gasteiger partial charge in [0.25, 0.3) is 0 Å². The highest BCUT2D eigenvalue weighted by Gasteiger charge is 2.29. The quantitative estimate of drug-likeness (QED) is 0.791. The van der Waals surface area contributed by atoms with Crippen LogP contribution in [0.25, 0.3) is 0 Å². The molecule has 1 aliphatic carbocycles. The Labute approximate surface area is 136 Å². The summed E-state index contributed by atoms with van der Waals surface area (Å²) in [6.45, 7) is 6.98. The fourth-order valence-electron chi connectivity index (χ4n) is 4.51. The molecule has 0 bridgehead atoms. The lowest BCUT2D eigenvalue weighted by molar-refractivity contribution is 0.197. The molecular formula is C17H32N2O2S. The average Bonchev–Trinajstić information content (AvgIpc) is 2.69. The van der Waals surface area contributed by atoms with Crippen molar-refractivity contribution in [1.29, 1.82) is 0 Å². The maximum absolute atomic E-state index is 11.6. The average molecular weight is 329 g/mol. The van der Waals surface area contributed by atoms with Crippen LogP contribution in [-0.2, 0) is 9.84 Å². The second kappa shape index (κ2) is 7.63. The summed E-state index contributed by atoms with van der Waals surface area (Å²) in [7, 11) is -2.72. The summed E-state index contributed by atoms with van der Waals surface area (Å²) in [5, 5.41) is 0. The molecule has 0 aromatic heterocycles. The molecule has 0 aromatic carbocycles. The third kappa shape index (κ3) is 4.93. The zero-order valence-corrected chi connectivity index (χ0v) is 14.7. The topological polar surface area (TPSA) is 40.6 Å². The van der Waals surface area contributed by atoms with Crippen LogP contribution in [0.4, 0.5) is 0 Å². The largest absolute Gasteiger partial charge is 0.302 e. The summed E-state index contributed by atoms with van der Waals surface area (Å²) in [5.74, 6) is 2.16. The van der Waals surface area contributed by atoms with Gasteiger partial charge in [-0.25, -0.2) is 8.42 Å². The molecule has 3 fully saturated rings. The summed E-state index contributed by atoms with van der Waals surface area (Å²) in [5.41, 5.74) is 0. The smallest absolute Gasteiger partial charge is 0.150 e. The number of hydrogen-bond donors (Lipinski definition) is 0. The Kier molecular flexibility index (Phi) is 5.80. The molecule has 0 radical (unpaired) electrons. The Morgan fingerprint density at radius 2 is 1.36 bits per heavy atom. The van der Waals surface area contributed by atoms with E-state index in [0.29, 0.717) is 17.4 Å². The molecule has 2 aliphatic heterocycles. The van der Waals surface area contributed by atoms with Crippen molar-refractivity contribution in [2.24, 2.45) is 11.8 Å². The van der Waals surface area contributed by atoms with Crippen LogP contribution in [0.15, 0.2) is 0 Å². The van der Waals surface area contributed by atoms with Crippen LogP contribution in [0.5, 0.6) is 0 Å². The molecule has 5 heteroatoms. The first-order valence-electron chi connectivity index (χ1n) is 9.26. The Bertz CT molecular complexity index is 446. The first kappa shape index (κ1) is 16.7. The summed E-state index contributed by atoms with van der Waals surface area (Å²) >= 11 is 0. The monoisotopic (exact) mass is 328 g/mol. The molecule has 2 heterocycles. The van der Waals surface area contributed by atoms with Gasteiger partial charge in [-0.3, -0.25) is 0 Å². The van der Waals surface area contributed by atoms with Gasteiger partial charge < -0.3 is 9.80 Å². The zero-order valence-electron chi connectivity index (χ0n) is 13.9. The van der Waals surface area contributed by atoms with Crippen LogP contribution >= 0.6 is 0 Å². The van der Waals surface area contributed by atoms with E-state index in [-0.39, 0.29) is 0 Å². The molecule has 22 heavy (non-hydrogen) atoms. The minimum atomic E-state index is -2.72. The fourth-order valence-corrected chi connectivity index (χ4v) is 6.35. The van der Waals surface area contributed by atoms with Gasteiger partial charge in [0.05, 0.1) is 11.5 Å². The summed E-state index contributed by atoms with van der Waals surface area (Å²) in [4.78, 5) is 5.19. The third-order valence-electron chi connectivity index (χ3n) is 5.77. The standard InChI is InChI=1S/C17H32N2O2S/c20-22(21)12-7-17(15-22)14-19-9-4-8-18(10-11-19)13-16-5-2-1-3-6-16/h16-17H,1-15H2.